The lowest BCUT2D eigenvalue weighted by atomic mass is 10.2. The maximum Gasteiger partial charge on any atom is 0.277 e. The van der Waals surface area contributed by atoms with Gasteiger partial charge in [-0.1, -0.05) is 28.9 Å². The summed E-state index contributed by atoms with van der Waals surface area (Å²) in [7, 11) is 0. The minimum absolute atomic E-state index is 0.273. The summed E-state index contributed by atoms with van der Waals surface area (Å²) in [6, 6.07) is 9.93. The van der Waals surface area contributed by atoms with Gasteiger partial charge in [-0.2, -0.15) is 0 Å². The summed E-state index contributed by atoms with van der Waals surface area (Å²) in [5.74, 6) is 1.14. The Morgan fingerprint density at radius 2 is 1.79 bits per heavy atom. The van der Waals surface area contributed by atoms with Gasteiger partial charge in [0.15, 0.2) is 6.54 Å². The highest BCUT2D eigenvalue weighted by atomic mass is 35.5. The van der Waals surface area contributed by atoms with Crippen molar-refractivity contribution in [2.45, 2.75) is 13.5 Å². The zero-order chi connectivity index (χ0) is 20.2. The summed E-state index contributed by atoms with van der Waals surface area (Å²) in [6.07, 6.45) is 0. The average Bonchev–Trinajstić information content (AvgIpc) is 3.14. The number of nitrogens with zero attached hydrogens (tertiary/aromatic N) is 3. The van der Waals surface area contributed by atoms with E-state index >= 15 is 0 Å². The first-order valence-electron chi connectivity index (χ1n) is 10.4. The number of anilines is 1. The van der Waals surface area contributed by atoms with Crippen molar-refractivity contribution in [3.63, 3.8) is 0 Å². The maximum atomic E-state index is 12.8. The number of para-hydroxylation sites is 1. The molecule has 0 aliphatic carbocycles. The van der Waals surface area contributed by atoms with Crippen LogP contribution in [0.25, 0.3) is 0 Å². The molecule has 2 N–H and O–H groups in total. The number of hydrogen-bond donors (Lipinski definition) is 2. The minimum atomic E-state index is 0.273. The number of aryl methyl sites for hydroxylation is 1. The fourth-order valence-electron chi connectivity index (χ4n) is 4.30. The molecule has 1 amide bonds. The number of piperazine rings is 2. The Kier molecular flexibility index (Phi) is 6.37. The molecule has 0 saturated carbocycles. The van der Waals surface area contributed by atoms with E-state index in [0.29, 0.717) is 6.54 Å². The molecule has 0 spiro atoms. The smallest absolute Gasteiger partial charge is 0.277 e. The van der Waals surface area contributed by atoms with Crippen LogP contribution in [-0.2, 0) is 11.3 Å². The molecule has 0 unspecified atom stereocenters. The quantitative estimate of drug-likeness (QED) is 0.671. The molecule has 2 fully saturated rings. The van der Waals surface area contributed by atoms with Crippen molar-refractivity contribution in [3.8, 4) is 0 Å². The van der Waals surface area contributed by atoms with E-state index in [1.807, 2.05) is 42.2 Å². The van der Waals surface area contributed by atoms with Gasteiger partial charge in [0.05, 0.1) is 10.7 Å². The van der Waals surface area contributed by atoms with Crippen LogP contribution in [0, 0.1) is 6.92 Å². The van der Waals surface area contributed by atoms with Crippen molar-refractivity contribution in [1.29, 1.82) is 0 Å². The second-order valence-corrected chi connectivity index (χ2v) is 8.51. The van der Waals surface area contributed by atoms with Crippen LogP contribution < -0.4 is 14.7 Å². The lowest BCUT2D eigenvalue weighted by molar-refractivity contribution is -1.02. The molecule has 3 heterocycles. The van der Waals surface area contributed by atoms with Gasteiger partial charge in [-0.3, -0.25) is 4.79 Å². The van der Waals surface area contributed by atoms with Gasteiger partial charge < -0.3 is 24.1 Å². The molecule has 2 saturated heterocycles. The van der Waals surface area contributed by atoms with Crippen LogP contribution in [-0.4, -0.2) is 74.9 Å². The predicted octanol–water partition coefficient (Wildman–Crippen LogP) is -0.731. The molecule has 29 heavy (non-hydrogen) atoms. The molecule has 1 aromatic heterocycles. The molecule has 0 bridgehead atoms. The van der Waals surface area contributed by atoms with Gasteiger partial charge >= 0.3 is 0 Å². The third-order valence-corrected chi connectivity index (χ3v) is 6.32. The molecule has 2 aliphatic heterocycles. The highest BCUT2D eigenvalue weighted by molar-refractivity contribution is 6.33. The number of aromatic nitrogens is 1. The van der Waals surface area contributed by atoms with Gasteiger partial charge in [-0.25, -0.2) is 0 Å². The van der Waals surface area contributed by atoms with Crippen LogP contribution in [0.5, 0.6) is 0 Å². The molecule has 8 heteroatoms. The Bertz CT molecular complexity index is 826. The number of halogens is 1. The average molecular weight is 420 g/mol. The van der Waals surface area contributed by atoms with Crippen molar-refractivity contribution in [2.24, 2.45) is 0 Å². The monoisotopic (exact) mass is 419 g/mol. The standard InChI is InChI=1S/C21H28ClN5O2/c1-17-14-18(23-29-17)15-24-6-8-25(9-7-24)16-21(28)27-12-10-26(11-13-27)20-5-3-2-4-19(20)22/h2-5,14H,6-13,15-16H2,1H3/p+2. The molecule has 2 aliphatic rings. The van der Waals surface area contributed by atoms with E-state index in [1.165, 1.54) is 9.80 Å². The highest BCUT2D eigenvalue weighted by Crippen LogP contribution is 2.25. The first-order valence-corrected chi connectivity index (χ1v) is 10.8. The topological polar surface area (TPSA) is 58.5 Å². The number of amides is 1. The van der Waals surface area contributed by atoms with Crippen molar-refractivity contribution in [1.82, 2.24) is 10.1 Å². The van der Waals surface area contributed by atoms with Gasteiger partial charge in [-0.05, 0) is 19.1 Å². The SMILES string of the molecule is Cc1cc(C[NH+]2CC[NH+](CC(=O)N3CCN(c4ccccc4Cl)CC3)CC2)no1. The normalized spacial score (nSPS) is 22.7. The second kappa shape index (κ2) is 9.15. The largest absolute Gasteiger partial charge is 0.367 e. The van der Waals surface area contributed by atoms with Crippen LogP contribution in [0.3, 0.4) is 0 Å². The molecule has 156 valence electrons. The predicted molar refractivity (Wildman–Crippen MR) is 111 cm³/mol. The van der Waals surface area contributed by atoms with Gasteiger partial charge in [0.1, 0.15) is 44.2 Å². The third kappa shape index (κ3) is 5.10. The third-order valence-electron chi connectivity index (χ3n) is 6.00. The van der Waals surface area contributed by atoms with E-state index in [2.05, 4.69) is 10.1 Å². The van der Waals surface area contributed by atoms with E-state index in [0.717, 1.165) is 81.1 Å². The Hall–Kier alpha value is -2.09. The number of hydrogen-bond acceptors (Lipinski definition) is 4. The molecule has 0 atom stereocenters. The summed E-state index contributed by atoms with van der Waals surface area (Å²) >= 11 is 6.31. The fraction of sp³-hybridized carbons (Fsp3) is 0.524. The first-order chi connectivity index (χ1) is 14.1. The Balaban J connectivity index is 1.20. The molecule has 7 nitrogen and oxygen atoms in total. The zero-order valence-electron chi connectivity index (χ0n) is 17.0. The van der Waals surface area contributed by atoms with Crippen molar-refractivity contribution in [2.75, 3.05) is 63.8 Å². The van der Waals surface area contributed by atoms with E-state index in [1.54, 1.807) is 0 Å². The minimum Gasteiger partial charge on any atom is -0.367 e. The van der Waals surface area contributed by atoms with E-state index in [-0.39, 0.29) is 5.91 Å². The van der Waals surface area contributed by atoms with Crippen LogP contribution in [0.1, 0.15) is 11.5 Å². The molecular weight excluding hydrogens is 390 g/mol. The fourth-order valence-corrected chi connectivity index (χ4v) is 4.55. The summed E-state index contributed by atoms with van der Waals surface area (Å²) in [4.78, 5) is 20.0. The van der Waals surface area contributed by atoms with Gasteiger partial charge in [0.2, 0.25) is 0 Å². The Labute approximate surface area is 176 Å². The van der Waals surface area contributed by atoms with Crippen molar-refractivity contribution >= 4 is 23.2 Å². The summed E-state index contributed by atoms with van der Waals surface area (Å²) < 4.78 is 5.16. The van der Waals surface area contributed by atoms with Gasteiger partial charge in [0, 0.05) is 32.2 Å². The number of rotatable bonds is 5. The Morgan fingerprint density at radius 3 is 2.45 bits per heavy atom. The van der Waals surface area contributed by atoms with E-state index in [9.17, 15) is 4.79 Å². The lowest BCUT2D eigenvalue weighted by Crippen LogP contribution is -3.28. The van der Waals surface area contributed by atoms with Crippen molar-refractivity contribution in [3.05, 3.63) is 46.8 Å². The summed E-state index contributed by atoms with van der Waals surface area (Å²) in [6.45, 7) is 10.8. The van der Waals surface area contributed by atoms with Gasteiger partial charge in [-0.15, -0.1) is 0 Å². The number of quaternary nitrogens is 2. The second-order valence-electron chi connectivity index (χ2n) is 8.10. The first kappa shape index (κ1) is 20.2. The number of nitrogens with one attached hydrogen (secondary N) is 2. The summed E-state index contributed by atoms with van der Waals surface area (Å²) in [5.41, 5.74) is 2.08. The Morgan fingerprint density at radius 1 is 1.10 bits per heavy atom. The lowest BCUT2D eigenvalue weighted by Gasteiger charge is -2.37. The molecule has 2 aromatic rings. The maximum absolute atomic E-state index is 12.8. The van der Waals surface area contributed by atoms with Crippen molar-refractivity contribution < 1.29 is 19.1 Å². The molecular formula is C21H30ClN5O2+2. The molecule has 1 aromatic carbocycles. The van der Waals surface area contributed by atoms with Crippen LogP contribution >= 0.6 is 11.6 Å². The van der Waals surface area contributed by atoms with Crippen LogP contribution in [0.2, 0.25) is 5.02 Å². The summed E-state index contributed by atoms with van der Waals surface area (Å²) in [5, 5.41) is 4.87. The van der Waals surface area contributed by atoms with E-state index in [4.69, 9.17) is 16.1 Å². The highest BCUT2D eigenvalue weighted by Gasteiger charge is 2.29. The van der Waals surface area contributed by atoms with E-state index < -0.39 is 0 Å². The van der Waals surface area contributed by atoms with Crippen LogP contribution in [0.15, 0.2) is 34.9 Å². The number of benzene rings is 1. The number of carbonyl (C=O) groups excluding carboxylic acids is 1. The molecule has 0 radical (unpaired) electrons. The zero-order valence-corrected chi connectivity index (χ0v) is 17.7. The van der Waals surface area contributed by atoms with Crippen LogP contribution in [0.4, 0.5) is 5.69 Å². The molecule has 4 rings (SSSR count). The number of carbonyl (C=O) groups is 1. The van der Waals surface area contributed by atoms with Gasteiger partial charge in [0.25, 0.3) is 5.91 Å².